The van der Waals surface area contributed by atoms with Crippen LogP contribution in [0.3, 0.4) is 0 Å². The Labute approximate surface area is 149 Å². The molecular weight excluding hydrogens is 339 g/mol. The molecule has 0 fully saturated rings. The molecule has 0 saturated carbocycles. The SMILES string of the molecule is Cc1cc(CNC(=O)CSc2ncn(-c3ccccc3)n2)ccc1F. The van der Waals surface area contributed by atoms with Crippen molar-refractivity contribution in [1.82, 2.24) is 20.1 Å². The first-order valence-corrected chi connectivity index (χ1v) is 8.72. The van der Waals surface area contributed by atoms with Gasteiger partial charge in [-0.25, -0.2) is 14.1 Å². The summed E-state index contributed by atoms with van der Waals surface area (Å²) in [5, 5.41) is 7.69. The van der Waals surface area contributed by atoms with E-state index in [1.807, 2.05) is 30.3 Å². The van der Waals surface area contributed by atoms with Gasteiger partial charge in [-0.1, -0.05) is 42.1 Å². The van der Waals surface area contributed by atoms with Gasteiger partial charge >= 0.3 is 0 Å². The number of amides is 1. The third kappa shape index (κ3) is 4.67. The number of nitrogens with one attached hydrogen (secondary N) is 1. The number of hydrogen-bond donors (Lipinski definition) is 1. The first-order chi connectivity index (χ1) is 12.1. The maximum atomic E-state index is 13.2. The van der Waals surface area contributed by atoms with E-state index in [9.17, 15) is 9.18 Å². The fraction of sp³-hybridized carbons (Fsp3) is 0.167. The minimum Gasteiger partial charge on any atom is -0.351 e. The highest BCUT2D eigenvalue weighted by Gasteiger charge is 2.08. The molecule has 1 N–H and O–H groups in total. The number of benzene rings is 2. The third-order valence-corrected chi connectivity index (χ3v) is 4.39. The van der Waals surface area contributed by atoms with Crippen LogP contribution < -0.4 is 5.32 Å². The van der Waals surface area contributed by atoms with Crippen LogP contribution in [0, 0.1) is 12.7 Å². The molecule has 0 atom stereocenters. The number of nitrogens with zero attached hydrogens (tertiary/aromatic N) is 3. The summed E-state index contributed by atoms with van der Waals surface area (Å²) in [6.07, 6.45) is 1.62. The van der Waals surface area contributed by atoms with Crippen molar-refractivity contribution < 1.29 is 9.18 Å². The van der Waals surface area contributed by atoms with Crippen molar-refractivity contribution in [1.29, 1.82) is 0 Å². The Morgan fingerprint density at radius 2 is 2.04 bits per heavy atom. The van der Waals surface area contributed by atoms with Crippen molar-refractivity contribution in [2.45, 2.75) is 18.6 Å². The average molecular weight is 356 g/mol. The standard InChI is InChI=1S/C18H17FN4OS/c1-13-9-14(7-8-16(13)19)10-20-17(24)11-25-18-21-12-23(22-18)15-5-3-2-4-6-15/h2-9,12H,10-11H2,1H3,(H,20,24). The summed E-state index contributed by atoms with van der Waals surface area (Å²) >= 11 is 1.27. The van der Waals surface area contributed by atoms with Crippen LogP contribution in [0.25, 0.3) is 5.69 Å². The Morgan fingerprint density at radius 3 is 2.80 bits per heavy atom. The lowest BCUT2D eigenvalue weighted by molar-refractivity contribution is -0.118. The summed E-state index contributed by atoms with van der Waals surface area (Å²) < 4.78 is 14.9. The Morgan fingerprint density at radius 1 is 1.24 bits per heavy atom. The van der Waals surface area contributed by atoms with Crippen molar-refractivity contribution in [3.63, 3.8) is 0 Å². The zero-order chi connectivity index (χ0) is 17.6. The van der Waals surface area contributed by atoms with Crippen molar-refractivity contribution in [3.05, 3.63) is 71.8 Å². The monoisotopic (exact) mass is 356 g/mol. The van der Waals surface area contributed by atoms with Crippen molar-refractivity contribution in [2.75, 3.05) is 5.75 Å². The smallest absolute Gasteiger partial charge is 0.230 e. The minimum atomic E-state index is -0.245. The van der Waals surface area contributed by atoms with Gasteiger partial charge in [0.2, 0.25) is 11.1 Å². The number of para-hydroxylation sites is 1. The average Bonchev–Trinajstić information content (AvgIpc) is 3.11. The highest BCUT2D eigenvalue weighted by molar-refractivity contribution is 7.99. The van der Waals surface area contributed by atoms with Crippen molar-refractivity contribution in [3.8, 4) is 5.69 Å². The summed E-state index contributed by atoms with van der Waals surface area (Å²) in [5.41, 5.74) is 2.35. The lowest BCUT2D eigenvalue weighted by atomic mass is 10.1. The molecule has 1 heterocycles. The first-order valence-electron chi connectivity index (χ1n) is 7.73. The molecule has 1 aromatic heterocycles. The molecule has 128 valence electrons. The van der Waals surface area contributed by atoms with E-state index in [0.717, 1.165) is 11.3 Å². The number of aromatic nitrogens is 3. The van der Waals surface area contributed by atoms with Crippen molar-refractivity contribution in [2.24, 2.45) is 0 Å². The lowest BCUT2D eigenvalue weighted by Gasteiger charge is -2.06. The van der Waals surface area contributed by atoms with Gasteiger partial charge in [0.05, 0.1) is 11.4 Å². The zero-order valence-electron chi connectivity index (χ0n) is 13.6. The van der Waals surface area contributed by atoms with E-state index in [1.165, 1.54) is 17.8 Å². The van der Waals surface area contributed by atoms with E-state index < -0.39 is 0 Å². The number of carbonyl (C=O) groups excluding carboxylic acids is 1. The molecule has 0 aliphatic heterocycles. The van der Waals surface area contributed by atoms with E-state index in [-0.39, 0.29) is 17.5 Å². The number of carbonyl (C=O) groups is 1. The molecule has 0 aliphatic rings. The molecule has 0 spiro atoms. The molecule has 0 aliphatic carbocycles. The zero-order valence-corrected chi connectivity index (χ0v) is 14.5. The Bertz CT molecular complexity index is 867. The van der Waals surface area contributed by atoms with E-state index in [4.69, 9.17) is 0 Å². The van der Waals surface area contributed by atoms with Crippen molar-refractivity contribution >= 4 is 17.7 Å². The predicted molar refractivity (Wildman–Crippen MR) is 95.1 cm³/mol. The van der Waals surface area contributed by atoms with Gasteiger partial charge in [-0.2, -0.15) is 0 Å². The van der Waals surface area contributed by atoms with Crippen LogP contribution in [0.15, 0.2) is 60.0 Å². The summed E-state index contributed by atoms with van der Waals surface area (Å²) in [4.78, 5) is 16.1. The van der Waals surface area contributed by atoms with Crippen LogP contribution in [-0.2, 0) is 11.3 Å². The fourth-order valence-electron chi connectivity index (χ4n) is 2.22. The van der Waals surface area contributed by atoms with Gasteiger partial charge in [-0.15, -0.1) is 5.10 Å². The highest BCUT2D eigenvalue weighted by Crippen LogP contribution is 2.14. The van der Waals surface area contributed by atoms with Gasteiger partial charge in [0.15, 0.2) is 0 Å². The second-order valence-corrected chi connectivity index (χ2v) is 6.40. The van der Waals surface area contributed by atoms with Crippen LogP contribution in [0.1, 0.15) is 11.1 Å². The van der Waals surface area contributed by atoms with Gasteiger partial charge in [-0.05, 0) is 36.2 Å². The Balaban J connectivity index is 1.49. The van der Waals surface area contributed by atoms with Gasteiger partial charge in [-0.3, -0.25) is 4.79 Å². The van der Waals surface area contributed by atoms with Crippen LogP contribution in [-0.4, -0.2) is 26.4 Å². The van der Waals surface area contributed by atoms with E-state index in [2.05, 4.69) is 15.4 Å². The molecule has 5 nitrogen and oxygen atoms in total. The van der Waals surface area contributed by atoms with Gasteiger partial charge < -0.3 is 5.32 Å². The molecule has 0 radical (unpaired) electrons. The van der Waals surface area contributed by atoms with E-state index in [1.54, 1.807) is 30.1 Å². The maximum Gasteiger partial charge on any atom is 0.230 e. The van der Waals surface area contributed by atoms with Crippen LogP contribution in [0.4, 0.5) is 4.39 Å². The normalized spacial score (nSPS) is 10.6. The number of thioether (sulfide) groups is 1. The number of rotatable bonds is 6. The number of aryl methyl sites for hydroxylation is 1. The third-order valence-electron chi connectivity index (χ3n) is 3.54. The molecule has 0 saturated heterocycles. The largest absolute Gasteiger partial charge is 0.351 e. The second kappa shape index (κ2) is 7.94. The van der Waals surface area contributed by atoms with Crippen LogP contribution in [0.2, 0.25) is 0 Å². The molecule has 0 unspecified atom stereocenters. The van der Waals surface area contributed by atoms with Crippen LogP contribution in [0.5, 0.6) is 0 Å². The number of halogens is 1. The van der Waals surface area contributed by atoms with Gasteiger partial charge in [0.25, 0.3) is 0 Å². The Hall–Kier alpha value is -2.67. The lowest BCUT2D eigenvalue weighted by Crippen LogP contribution is -2.24. The summed E-state index contributed by atoms with van der Waals surface area (Å²) in [6.45, 7) is 2.07. The summed E-state index contributed by atoms with van der Waals surface area (Å²) in [7, 11) is 0. The summed E-state index contributed by atoms with van der Waals surface area (Å²) in [6, 6.07) is 14.4. The molecule has 3 aromatic rings. The summed E-state index contributed by atoms with van der Waals surface area (Å²) in [5.74, 6) is -0.146. The van der Waals surface area contributed by atoms with E-state index >= 15 is 0 Å². The molecule has 0 bridgehead atoms. The van der Waals surface area contributed by atoms with E-state index in [0.29, 0.717) is 17.3 Å². The fourth-order valence-corrected chi connectivity index (χ4v) is 2.85. The molecule has 25 heavy (non-hydrogen) atoms. The molecule has 1 amide bonds. The predicted octanol–water partition coefficient (Wildman–Crippen LogP) is 3.12. The Kier molecular flexibility index (Phi) is 5.45. The van der Waals surface area contributed by atoms with Gasteiger partial charge in [0, 0.05) is 6.54 Å². The minimum absolute atomic E-state index is 0.122. The molecule has 3 rings (SSSR count). The molecule has 2 aromatic carbocycles. The molecular formula is C18H17FN4OS. The molecule has 7 heteroatoms. The quantitative estimate of drug-likeness (QED) is 0.690. The highest BCUT2D eigenvalue weighted by atomic mass is 32.2. The second-order valence-electron chi connectivity index (χ2n) is 5.46. The van der Waals surface area contributed by atoms with Gasteiger partial charge in [0.1, 0.15) is 12.1 Å². The number of hydrogen-bond acceptors (Lipinski definition) is 4. The van der Waals surface area contributed by atoms with Crippen LogP contribution >= 0.6 is 11.8 Å². The maximum absolute atomic E-state index is 13.2. The topological polar surface area (TPSA) is 59.8 Å². The first kappa shape index (κ1) is 17.2.